The summed E-state index contributed by atoms with van der Waals surface area (Å²) in [4.78, 5) is 16.5. The van der Waals surface area contributed by atoms with Gasteiger partial charge < -0.3 is 9.64 Å². The standard InChI is InChI=1S/C19H27N3O4S/c1-13-20-16-12-15(27(5,24)25)6-7-17(16)22(13)14-8-10-21(11-9-14)18(23)26-19(2,3)4/h6-7,12,14,20H,1,8-11H2,2-5H3/p+1. The van der Waals surface area contributed by atoms with Gasteiger partial charge in [-0.1, -0.05) is 0 Å². The van der Waals surface area contributed by atoms with Gasteiger partial charge in [0.05, 0.1) is 4.90 Å². The lowest BCUT2D eigenvalue weighted by atomic mass is 10.0. The smallest absolute Gasteiger partial charge is 0.410 e. The number of carbonyl (C=O) groups excluding carboxylic acids is 1. The van der Waals surface area contributed by atoms with Crippen LogP contribution in [0.1, 0.15) is 33.6 Å². The molecule has 0 aromatic heterocycles. The third-order valence-corrected chi connectivity index (χ3v) is 5.91. The quantitative estimate of drug-likeness (QED) is 0.776. The highest BCUT2D eigenvalue weighted by molar-refractivity contribution is 7.90. The van der Waals surface area contributed by atoms with E-state index >= 15 is 0 Å². The largest absolute Gasteiger partial charge is 0.444 e. The lowest BCUT2D eigenvalue weighted by Gasteiger charge is -2.37. The van der Waals surface area contributed by atoms with Crippen LogP contribution < -0.4 is 10.2 Å². The van der Waals surface area contributed by atoms with Gasteiger partial charge in [0, 0.05) is 31.5 Å². The summed E-state index contributed by atoms with van der Waals surface area (Å²) < 4.78 is 29.0. The summed E-state index contributed by atoms with van der Waals surface area (Å²) in [6.07, 6.45) is 2.55. The van der Waals surface area contributed by atoms with Crippen LogP contribution in [0.15, 0.2) is 35.5 Å². The molecule has 2 aliphatic rings. The van der Waals surface area contributed by atoms with E-state index in [1.165, 1.54) is 6.26 Å². The van der Waals surface area contributed by atoms with Crippen LogP contribution in [0, 0.1) is 0 Å². The number of likely N-dealkylation sites (tertiary alicyclic amines) is 1. The maximum absolute atomic E-state index is 12.2. The molecule has 0 aliphatic carbocycles. The van der Waals surface area contributed by atoms with Gasteiger partial charge in [-0.15, -0.1) is 0 Å². The van der Waals surface area contributed by atoms with Gasteiger partial charge >= 0.3 is 6.09 Å². The van der Waals surface area contributed by atoms with Crippen LogP contribution in [0.3, 0.4) is 0 Å². The number of rotatable bonds is 2. The van der Waals surface area contributed by atoms with Crippen molar-refractivity contribution in [2.75, 3.05) is 24.2 Å². The number of sulfone groups is 1. The minimum absolute atomic E-state index is 0.220. The molecule has 2 aliphatic heterocycles. The minimum Gasteiger partial charge on any atom is -0.444 e. The van der Waals surface area contributed by atoms with Gasteiger partial charge in [-0.2, -0.15) is 0 Å². The molecular weight excluding hydrogens is 366 g/mol. The van der Waals surface area contributed by atoms with Crippen molar-refractivity contribution in [1.29, 1.82) is 0 Å². The predicted molar refractivity (Wildman–Crippen MR) is 104 cm³/mol. The molecule has 0 bridgehead atoms. The van der Waals surface area contributed by atoms with Crippen LogP contribution >= 0.6 is 0 Å². The van der Waals surface area contributed by atoms with Crippen molar-refractivity contribution in [2.24, 2.45) is 0 Å². The Hall–Kier alpha value is -2.06. The second-order valence-electron chi connectivity index (χ2n) is 8.20. The maximum atomic E-state index is 12.2. The van der Waals surface area contributed by atoms with Gasteiger partial charge in [0.15, 0.2) is 15.5 Å². The first-order valence-electron chi connectivity index (χ1n) is 9.10. The van der Waals surface area contributed by atoms with Crippen molar-refractivity contribution in [3.8, 4) is 0 Å². The summed E-state index contributed by atoms with van der Waals surface area (Å²) in [5, 5.41) is 1.92. The lowest BCUT2D eigenvalue weighted by molar-refractivity contribution is -0.510. The van der Waals surface area contributed by atoms with Crippen LogP contribution in [0.5, 0.6) is 0 Å². The number of nitrogens with two attached hydrogens (primary N) is 1. The number of quaternary nitrogens is 1. The number of nitrogens with zero attached hydrogens (tertiary/aromatic N) is 2. The minimum atomic E-state index is -3.24. The second-order valence-corrected chi connectivity index (χ2v) is 10.2. The Balaban J connectivity index is 1.71. The molecule has 27 heavy (non-hydrogen) atoms. The first kappa shape index (κ1) is 19.7. The average Bonchev–Trinajstić information content (AvgIpc) is 2.87. The molecule has 3 rings (SSSR count). The van der Waals surface area contributed by atoms with Crippen molar-refractivity contribution < 1.29 is 23.3 Å². The molecule has 0 unspecified atom stereocenters. The van der Waals surface area contributed by atoms with E-state index in [4.69, 9.17) is 4.74 Å². The van der Waals surface area contributed by atoms with Crippen LogP contribution in [0.4, 0.5) is 16.2 Å². The zero-order valence-electron chi connectivity index (χ0n) is 16.4. The van der Waals surface area contributed by atoms with Gasteiger partial charge in [-0.3, -0.25) is 10.2 Å². The van der Waals surface area contributed by atoms with Crippen molar-refractivity contribution in [3.05, 3.63) is 30.6 Å². The number of piperidine rings is 1. The number of hydrogen-bond acceptors (Lipinski definition) is 5. The summed E-state index contributed by atoms with van der Waals surface area (Å²) in [7, 11) is -3.24. The molecule has 1 saturated heterocycles. The van der Waals surface area contributed by atoms with Crippen molar-refractivity contribution in [3.63, 3.8) is 0 Å². The van der Waals surface area contributed by atoms with Gasteiger partial charge in [0.1, 0.15) is 11.3 Å². The van der Waals surface area contributed by atoms with Crippen LogP contribution in [0.2, 0.25) is 0 Å². The van der Waals surface area contributed by atoms with E-state index in [0.29, 0.717) is 18.0 Å². The molecule has 1 amide bonds. The van der Waals surface area contributed by atoms with Crippen LogP contribution in [0.25, 0.3) is 0 Å². The third-order valence-electron chi connectivity index (χ3n) is 4.80. The van der Waals surface area contributed by atoms with E-state index in [9.17, 15) is 13.2 Å². The Morgan fingerprint density at radius 2 is 1.89 bits per heavy atom. The number of amides is 1. The number of anilines is 1. The van der Waals surface area contributed by atoms with Crippen molar-refractivity contribution >= 4 is 27.3 Å². The van der Waals surface area contributed by atoms with E-state index < -0.39 is 15.4 Å². The monoisotopic (exact) mass is 394 g/mol. The molecule has 8 heteroatoms. The van der Waals surface area contributed by atoms with E-state index in [1.807, 2.05) is 32.2 Å². The van der Waals surface area contributed by atoms with Gasteiger partial charge in [-0.25, -0.2) is 13.2 Å². The lowest BCUT2D eigenvalue weighted by Crippen LogP contribution is -2.75. The van der Waals surface area contributed by atoms with Gasteiger partial charge in [0.25, 0.3) is 0 Å². The highest BCUT2D eigenvalue weighted by Crippen LogP contribution is 2.35. The highest BCUT2D eigenvalue weighted by Gasteiger charge is 2.37. The maximum Gasteiger partial charge on any atom is 0.410 e. The molecule has 2 heterocycles. The normalized spacial score (nSPS) is 18.6. The fourth-order valence-electron chi connectivity index (χ4n) is 3.57. The van der Waals surface area contributed by atoms with Crippen LogP contribution in [-0.2, 0) is 14.6 Å². The summed E-state index contributed by atoms with van der Waals surface area (Å²) in [6, 6.07) is 5.41. The third kappa shape index (κ3) is 4.27. The summed E-state index contributed by atoms with van der Waals surface area (Å²) in [5.74, 6) is 0.853. The fraction of sp³-hybridized carbons (Fsp3) is 0.526. The molecular formula is C19H28N3O4S+. The van der Waals surface area contributed by atoms with E-state index in [-0.39, 0.29) is 12.1 Å². The molecule has 148 valence electrons. The fourth-order valence-corrected chi connectivity index (χ4v) is 4.22. The van der Waals surface area contributed by atoms with E-state index in [0.717, 1.165) is 30.0 Å². The molecule has 7 nitrogen and oxygen atoms in total. The highest BCUT2D eigenvalue weighted by atomic mass is 32.2. The summed E-state index contributed by atoms with van der Waals surface area (Å²) in [6.45, 7) is 11.0. The van der Waals surface area contributed by atoms with E-state index in [2.05, 4.69) is 11.5 Å². The molecule has 1 aromatic carbocycles. The first-order chi connectivity index (χ1) is 12.5. The SMILES string of the molecule is C=C1[NH2+]c2cc(S(C)(=O)=O)ccc2N1C1CCN(C(=O)OC(C)(C)C)CC1. The Morgan fingerprint density at radius 1 is 1.26 bits per heavy atom. The van der Waals surface area contributed by atoms with Gasteiger partial charge in [0.2, 0.25) is 5.82 Å². The molecule has 0 radical (unpaired) electrons. The Bertz CT molecular complexity index is 865. The number of hydrogen-bond donors (Lipinski definition) is 1. The Morgan fingerprint density at radius 3 is 2.44 bits per heavy atom. The molecule has 0 atom stereocenters. The number of benzene rings is 1. The van der Waals surface area contributed by atoms with Crippen molar-refractivity contribution in [2.45, 2.75) is 50.2 Å². The Labute approximate surface area is 160 Å². The zero-order valence-corrected chi connectivity index (χ0v) is 17.2. The van der Waals surface area contributed by atoms with Crippen molar-refractivity contribution in [1.82, 2.24) is 4.90 Å². The zero-order chi connectivity index (χ0) is 20.0. The Kier molecular flexibility index (Phi) is 4.98. The number of fused-ring (bicyclic) bond motifs is 1. The molecule has 2 N–H and O–H groups in total. The topological polar surface area (TPSA) is 83.5 Å². The number of ether oxygens (including phenoxy) is 1. The predicted octanol–water partition coefficient (Wildman–Crippen LogP) is 1.98. The second kappa shape index (κ2) is 6.83. The summed E-state index contributed by atoms with van der Waals surface area (Å²) >= 11 is 0. The van der Waals surface area contributed by atoms with Gasteiger partial charge in [-0.05, 0) is 52.3 Å². The molecule has 0 spiro atoms. The molecule has 0 saturated carbocycles. The van der Waals surface area contributed by atoms with Crippen LogP contribution in [-0.4, -0.2) is 50.4 Å². The number of carbonyl (C=O) groups is 1. The first-order valence-corrected chi connectivity index (χ1v) is 11.0. The molecule has 1 fully saturated rings. The average molecular weight is 395 g/mol. The summed E-state index contributed by atoms with van der Waals surface area (Å²) in [5.41, 5.74) is 1.35. The molecule has 1 aromatic rings. The van der Waals surface area contributed by atoms with E-state index in [1.54, 1.807) is 17.0 Å².